The van der Waals surface area contributed by atoms with Crippen LogP contribution < -0.4 is 5.32 Å². The first-order chi connectivity index (χ1) is 6.93. The van der Waals surface area contributed by atoms with Crippen LogP contribution in [0.3, 0.4) is 0 Å². The van der Waals surface area contributed by atoms with Gasteiger partial charge >= 0.3 is 0 Å². The minimum atomic E-state index is -0.0400. The number of amides is 1. The highest BCUT2D eigenvalue weighted by molar-refractivity contribution is 5.77. The zero-order valence-corrected chi connectivity index (χ0v) is 10.3. The number of piperazine rings is 1. The van der Waals surface area contributed by atoms with Crippen molar-refractivity contribution in [2.75, 3.05) is 40.3 Å². The Morgan fingerprint density at radius 1 is 1.47 bits per heavy atom. The largest absolute Gasteiger partial charge is 0.335 e. The van der Waals surface area contributed by atoms with Gasteiger partial charge in [-0.3, -0.25) is 4.79 Å². The molecule has 1 heterocycles. The zero-order valence-electron chi connectivity index (χ0n) is 10.3. The highest BCUT2D eigenvalue weighted by atomic mass is 16.2. The van der Waals surface area contributed by atoms with Crippen molar-refractivity contribution in [2.24, 2.45) is 0 Å². The number of rotatable bonds is 3. The van der Waals surface area contributed by atoms with E-state index in [9.17, 15) is 4.79 Å². The van der Waals surface area contributed by atoms with E-state index in [1.807, 2.05) is 23.9 Å². The van der Waals surface area contributed by atoms with Gasteiger partial charge in [0.1, 0.15) is 0 Å². The van der Waals surface area contributed by atoms with Gasteiger partial charge in [-0.25, -0.2) is 0 Å². The number of nitrogens with zero attached hydrogens (tertiary/aromatic N) is 2. The maximum absolute atomic E-state index is 12.0. The standard InChI is InChI=1S/C11H23N3O/c1-11(2)9-12-6-8-14(11)10(15)5-7-13(3)4/h12H,5-9H2,1-4H3. The first-order valence-electron chi connectivity index (χ1n) is 5.59. The van der Waals surface area contributed by atoms with Gasteiger partial charge < -0.3 is 15.1 Å². The third kappa shape index (κ3) is 3.47. The Morgan fingerprint density at radius 3 is 2.67 bits per heavy atom. The maximum Gasteiger partial charge on any atom is 0.224 e. The molecule has 0 bridgehead atoms. The topological polar surface area (TPSA) is 35.6 Å². The molecular weight excluding hydrogens is 190 g/mol. The van der Waals surface area contributed by atoms with Crippen LogP contribution in [-0.4, -0.2) is 61.5 Å². The Morgan fingerprint density at radius 2 is 2.13 bits per heavy atom. The van der Waals surface area contributed by atoms with Crippen LogP contribution in [0.1, 0.15) is 20.3 Å². The summed E-state index contributed by atoms with van der Waals surface area (Å²) in [6.07, 6.45) is 0.621. The van der Waals surface area contributed by atoms with E-state index >= 15 is 0 Å². The van der Waals surface area contributed by atoms with Crippen LogP contribution in [0.4, 0.5) is 0 Å². The van der Waals surface area contributed by atoms with E-state index in [2.05, 4.69) is 19.2 Å². The van der Waals surface area contributed by atoms with E-state index in [1.165, 1.54) is 0 Å². The van der Waals surface area contributed by atoms with Crippen LogP contribution in [0.25, 0.3) is 0 Å². The minimum Gasteiger partial charge on any atom is -0.335 e. The second-order valence-corrected chi connectivity index (χ2v) is 5.09. The van der Waals surface area contributed by atoms with Gasteiger partial charge in [-0.1, -0.05) is 0 Å². The lowest BCUT2D eigenvalue weighted by Crippen LogP contribution is -2.60. The number of hydrogen-bond acceptors (Lipinski definition) is 3. The quantitative estimate of drug-likeness (QED) is 0.725. The molecule has 4 heteroatoms. The fourth-order valence-electron chi connectivity index (χ4n) is 1.90. The molecule has 0 aliphatic carbocycles. The summed E-state index contributed by atoms with van der Waals surface area (Å²) in [4.78, 5) is 16.0. The zero-order chi connectivity index (χ0) is 11.5. The van der Waals surface area contributed by atoms with Gasteiger partial charge in [-0.15, -0.1) is 0 Å². The molecule has 0 aromatic heterocycles. The van der Waals surface area contributed by atoms with Crippen molar-refractivity contribution >= 4 is 5.91 Å². The molecule has 0 aromatic rings. The van der Waals surface area contributed by atoms with Crippen molar-refractivity contribution in [3.05, 3.63) is 0 Å². The number of carbonyl (C=O) groups excluding carboxylic acids is 1. The third-order valence-corrected chi connectivity index (χ3v) is 2.87. The summed E-state index contributed by atoms with van der Waals surface area (Å²) in [6.45, 7) is 7.70. The average Bonchev–Trinajstić information content (AvgIpc) is 2.13. The molecule has 4 nitrogen and oxygen atoms in total. The van der Waals surface area contributed by atoms with E-state index < -0.39 is 0 Å². The molecule has 1 saturated heterocycles. The van der Waals surface area contributed by atoms with Gasteiger partial charge in [0.15, 0.2) is 0 Å². The number of carbonyl (C=O) groups is 1. The van der Waals surface area contributed by atoms with Gasteiger partial charge in [-0.2, -0.15) is 0 Å². The average molecular weight is 213 g/mol. The Kier molecular flexibility index (Phi) is 4.11. The third-order valence-electron chi connectivity index (χ3n) is 2.87. The normalized spacial score (nSPS) is 20.7. The minimum absolute atomic E-state index is 0.0400. The van der Waals surface area contributed by atoms with Crippen LogP contribution in [-0.2, 0) is 4.79 Å². The van der Waals surface area contributed by atoms with Gasteiger partial charge in [-0.05, 0) is 27.9 Å². The Bertz CT molecular complexity index is 226. The molecule has 15 heavy (non-hydrogen) atoms. The summed E-state index contributed by atoms with van der Waals surface area (Å²) in [5, 5.41) is 3.32. The van der Waals surface area contributed by atoms with Gasteiger partial charge in [0, 0.05) is 38.1 Å². The highest BCUT2D eigenvalue weighted by Gasteiger charge is 2.32. The second kappa shape index (κ2) is 4.94. The van der Waals surface area contributed by atoms with Crippen molar-refractivity contribution in [1.29, 1.82) is 0 Å². The van der Waals surface area contributed by atoms with E-state index in [0.29, 0.717) is 6.42 Å². The molecule has 1 fully saturated rings. The summed E-state index contributed by atoms with van der Waals surface area (Å²) in [6, 6.07) is 0. The summed E-state index contributed by atoms with van der Waals surface area (Å²) < 4.78 is 0. The smallest absolute Gasteiger partial charge is 0.224 e. The Balaban J connectivity index is 2.49. The molecule has 1 aliphatic heterocycles. The predicted molar refractivity (Wildman–Crippen MR) is 61.8 cm³/mol. The Hall–Kier alpha value is -0.610. The molecule has 0 saturated carbocycles. The molecule has 1 N–H and O–H groups in total. The predicted octanol–water partition coefficient (Wildman–Crippen LogP) is 0.149. The lowest BCUT2D eigenvalue weighted by molar-refractivity contribution is -0.137. The SMILES string of the molecule is CN(C)CCC(=O)N1CCNCC1(C)C. The van der Waals surface area contributed by atoms with Crippen LogP contribution in [0.2, 0.25) is 0 Å². The van der Waals surface area contributed by atoms with E-state index in [4.69, 9.17) is 0 Å². The lowest BCUT2D eigenvalue weighted by atomic mass is 9.99. The van der Waals surface area contributed by atoms with Crippen molar-refractivity contribution in [3.63, 3.8) is 0 Å². The van der Waals surface area contributed by atoms with Crippen LogP contribution in [0.5, 0.6) is 0 Å². The number of hydrogen-bond donors (Lipinski definition) is 1. The van der Waals surface area contributed by atoms with E-state index in [0.717, 1.165) is 26.2 Å². The molecular formula is C11H23N3O. The summed E-state index contributed by atoms with van der Waals surface area (Å²) >= 11 is 0. The molecule has 1 amide bonds. The van der Waals surface area contributed by atoms with Gasteiger partial charge in [0.2, 0.25) is 5.91 Å². The van der Waals surface area contributed by atoms with Crippen LogP contribution in [0, 0.1) is 0 Å². The molecule has 88 valence electrons. The molecule has 1 aliphatic rings. The van der Waals surface area contributed by atoms with Crippen molar-refractivity contribution in [2.45, 2.75) is 25.8 Å². The fraction of sp³-hybridized carbons (Fsp3) is 0.909. The molecule has 1 rings (SSSR count). The van der Waals surface area contributed by atoms with E-state index in [-0.39, 0.29) is 11.4 Å². The highest BCUT2D eigenvalue weighted by Crippen LogP contribution is 2.17. The first-order valence-corrected chi connectivity index (χ1v) is 5.59. The molecule has 0 radical (unpaired) electrons. The van der Waals surface area contributed by atoms with E-state index in [1.54, 1.807) is 0 Å². The second-order valence-electron chi connectivity index (χ2n) is 5.09. The molecule has 0 aromatic carbocycles. The van der Waals surface area contributed by atoms with Crippen molar-refractivity contribution in [3.8, 4) is 0 Å². The maximum atomic E-state index is 12.0. The molecule has 0 spiro atoms. The van der Waals surface area contributed by atoms with Crippen LogP contribution in [0.15, 0.2) is 0 Å². The van der Waals surface area contributed by atoms with Crippen molar-refractivity contribution < 1.29 is 4.79 Å². The van der Waals surface area contributed by atoms with Crippen LogP contribution >= 0.6 is 0 Å². The monoisotopic (exact) mass is 213 g/mol. The van der Waals surface area contributed by atoms with Gasteiger partial charge in [0.25, 0.3) is 0 Å². The Labute approximate surface area is 92.6 Å². The molecule has 0 unspecified atom stereocenters. The molecule has 0 atom stereocenters. The summed E-state index contributed by atoms with van der Waals surface area (Å²) in [5.74, 6) is 0.273. The van der Waals surface area contributed by atoms with Crippen molar-refractivity contribution in [1.82, 2.24) is 15.1 Å². The number of nitrogens with one attached hydrogen (secondary N) is 1. The summed E-state index contributed by atoms with van der Waals surface area (Å²) in [7, 11) is 3.99. The van der Waals surface area contributed by atoms with Gasteiger partial charge in [0.05, 0.1) is 0 Å². The summed E-state index contributed by atoms with van der Waals surface area (Å²) in [5.41, 5.74) is -0.0400. The fourth-order valence-corrected chi connectivity index (χ4v) is 1.90. The lowest BCUT2D eigenvalue weighted by Gasteiger charge is -2.43. The first kappa shape index (κ1) is 12.5.